The molecule has 1 aliphatic carbocycles. The second-order valence-electron chi connectivity index (χ2n) is 4.62. The highest BCUT2D eigenvalue weighted by atomic mass is 32.1. The molecule has 0 unspecified atom stereocenters. The lowest BCUT2D eigenvalue weighted by molar-refractivity contribution is 0.673. The molecule has 0 atom stereocenters. The van der Waals surface area contributed by atoms with Crippen molar-refractivity contribution in [3.63, 3.8) is 0 Å². The van der Waals surface area contributed by atoms with Crippen molar-refractivity contribution in [2.45, 2.75) is 18.9 Å². The average Bonchev–Trinajstić information content (AvgIpc) is 3.04. The van der Waals surface area contributed by atoms with E-state index in [1.54, 1.807) is 11.3 Å². The zero-order chi connectivity index (χ0) is 11.7. The molecule has 0 aliphatic heterocycles. The topological polar surface area (TPSA) is 28.2 Å². The molecule has 90 valence electrons. The fraction of sp³-hybridized carbons (Fsp3) is 0.462. The monoisotopic (exact) mass is 247 g/mol. The van der Waals surface area contributed by atoms with Crippen LogP contribution in [-0.2, 0) is 0 Å². The molecule has 3 nitrogen and oxygen atoms in total. The first-order chi connectivity index (χ1) is 8.34. The van der Waals surface area contributed by atoms with E-state index in [0.29, 0.717) is 0 Å². The summed E-state index contributed by atoms with van der Waals surface area (Å²) in [6.45, 7) is 2.06. The van der Waals surface area contributed by atoms with Crippen molar-refractivity contribution in [1.29, 1.82) is 0 Å². The third-order valence-corrected chi connectivity index (χ3v) is 4.06. The lowest BCUT2D eigenvalue weighted by Gasteiger charge is -2.19. The predicted octanol–water partition coefficient (Wildman–Crippen LogP) is 2.48. The number of nitrogens with zero attached hydrogens (tertiary/aromatic N) is 2. The summed E-state index contributed by atoms with van der Waals surface area (Å²) in [5, 5.41) is 6.93. The molecule has 4 heteroatoms. The first-order valence-corrected chi connectivity index (χ1v) is 6.99. The van der Waals surface area contributed by atoms with E-state index in [0.717, 1.165) is 24.9 Å². The van der Waals surface area contributed by atoms with E-state index < -0.39 is 0 Å². The molecule has 2 aromatic heterocycles. The fourth-order valence-electron chi connectivity index (χ4n) is 2.01. The minimum absolute atomic E-state index is 0.785. The number of hydrogen-bond donors (Lipinski definition) is 1. The zero-order valence-corrected chi connectivity index (χ0v) is 10.8. The van der Waals surface area contributed by atoms with Gasteiger partial charge < -0.3 is 10.2 Å². The number of pyridine rings is 1. The van der Waals surface area contributed by atoms with Gasteiger partial charge in [0.1, 0.15) is 5.82 Å². The third-order valence-electron chi connectivity index (χ3n) is 3.18. The van der Waals surface area contributed by atoms with E-state index in [9.17, 15) is 0 Å². The van der Waals surface area contributed by atoms with Crippen LogP contribution in [0, 0.1) is 0 Å². The molecule has 0 amide bonds. The number of rotatable bonds is 5. The maximum Gasteiger partial charge on any atom is 0.137 e. The van der Waals surface area contributed by atoms with Crippen molar-refractivity contribution < 1.29 is 0 Å². The number of likely N-dealkylation sites (N-methyl/N-ethyl adjacent to an activating group) is 1. The molecular weight excluding hydrogens is 230 g/mol. The largest absolute Gasteiger partial charge is 0.358 e. The van der Waals surface area contributed by atoms with Gasteiger partial charge in [0.05, 0.1) is 0 Å². The Bertz CT molecular complexity index is 504. The van der Waals surface area contributed by atoms with Gasteiger partial charge in [-0.05, 0) is 30.4 Å². The normalized spacial score (nSPS) is 15.4. The molecule has 1 saturated carbocycles. The molecule has 0 radical (unpaired) electrons. The van der Waals surface area contributed by atoms with Gasteiger partial charge in [-0.25, -0.2) is 4.98 Å². The van der Waals surface area contributed by atoms with Crippen LogP contribution in [0.4, 0.5) is 5.82 Å². The molecule has 0 aromatic carbocycles. The van der Waals surface area contributed by atoms with Crippen LogP contribution in [-0.4, -0.2) is 31.2 Å². The van der Waals surface area contributed by atoms with Crippen molar-refractivity contribution in [3.05, 3.63) is 23.7 Å². The van der Waals surface area contributed by atoms with E-state index in [1.165, 1.54) is 22.9 Å². The van der Waals surface area contributed by atoms with Crippen LogP contribution < -0.4 is 10.2 Å². The van der Waals surface area contributed by atoms with Gasteiger partial charge in [0.25, 0.3) is 0 Å². The van der Waals surface area contributed by atoms with Crippen molar-refractivity contribution in [2.75, 3.05) is 25.0 Å². The lowest BCUT2D eigenvalue weighted by Crippen LogP contribution is -2.30. The standard InChI is InChI=1S/C13H17N3S/c1-16(8-7-14-10-2-3-10)13-11-5-9-17-12(11)4-6-15-13/h4-6,9-10,14H,2-3,7-8H2,1H3. The van der Waals surface area contributed by atoms with E-state index >= 15 is 0 Å². The Morgan fingerprint density at radius 1 is 1.47 bits per heavy atom. The van der Waals surface area contributed by atoms with Gasteiger partial charge in [0, 0.05) is 42.5 Å². The van der Waals surface area contributed by atoms with Crippen LogP contribution in [0.5, 0.6) is 0 Å². The predicted molar refractivity (Wildman–Crippen MR) is 73.9 cm³/mol. The van der Waals surface area contributed by atoms with E-state index in [4.69, 9.17) is 0 Å². The second-order valence-corrected chi connectivity index (χ2v) is 5.56. The van der Waals surface area contributed by atoms with Crippen molar-refractivity contribution >= 4 is 27.2 Å². The van der Waals surface area contributed by atoms with Gasteiger partial charge in [-0.1, -0.05) is 0 Å². The quantitative estimate of drug-likeness (QED) is 0.880. The minimum atomic E-state index is 0.785. The van der Waals surface area contributed by atoms with Gasteiger partial charge in [0.15, 0.2) is 0 Å². The Morgan fingerprint density at radius 3 is 3.18 bits per heavy atom. The summed E-state index contributed by atoms with van der Waals surface area (Å²) in [5.41, 5.74) is 0. The molecule has 0 saturated heterocycles. The van der Waals surface area contributed by atoms with Gasteiger partial charge in [-0.2, -0.15) is 0 Å². The minimum Gasteiger partial charge on any atom is -0.358 e. The Labute approximate surface area is 105 Å². The van der Waals surface area contributed by atoms with E-state index in [-0.39, 0.29) is 0 Å². The highest BCUT2D eigenvalue weighted by Gasteiger charge is 2.20. The van der Waals surface area contributed by atoms with Crippen LogP contribution in [0.3, 0.4) is 0 Å². The number of nitrogens with one attached hydrogen (secondary N) is 1. The summed E-state index contributed by atoms with van der Waals surface area (Å²) in [5.74, 6) is 1.10. The summed E-state index contributed by atoms with van der Waals surface area (Å²) >= 11 is 1.78. The maximum atomic E-state index is 4.50. The molecule has 2 heterocycles. The Morgan fingerprint density at radius 2 is 2.35 bits per heavy atom. The highest BCUT2D eigenvalue weighted by Crippen LogP contribution is 2.27. The smallest absolute Gasteiger partial charge is 0.137 e. The molecule has 2 aromatic rings. The molecular formula is C13H17N3S. The average molecular weight is 247 g/mol. The van der Waals surface area contributed by atoms with Crippen LogP contribution in [0.25, 0.3) is 10.1 Å². The Kier molecular flexibility index (Phi) is 2.99. The highest BCUT2D eigenvalue weighted by molar-refractivity contribution is 7.17. The number of hydrogen-bond acceptors (Lipinski definition) is 4. The summed E-state index contributed by atoms with van der Waals surface area (Å²) in [6.07, 6.45) is 4.60. The Hall–Kier alpha value is -1.13. The van der Waals surface area contributed by atoms with Crippen molar-refractivity contribution in [3.8, 4) is 0 Å². The number of fused-ring (bicyclic) bond motifs is 1. The van der Waals surface area contributed by atoms with Crippen molar-refractivity contribution in [1.82, 2.24) is 10.3 Å². The number of thiophene rings is 1. The van der Waals surface area contributed by atoms with E-state index in [2.05, 4.69) is 39.8 Å². The van der Waals surface area contributed by atoms with Crippen LogP contribution >= 0.6 is 11.3 Å². The lowest BCUT2D eigenvalue weighted by atomic mass is 10.3. The van der Waals surface area contributed by atoms with Crippen LogP contribution in [0.1, 0.15) is 12.8 Å². The van der Waals surface area contributed by atoms with Gasteiger partial charge >= 0.3 is 0 Å². The first kappa shape index (κ1) is 11.0. The first-order valence-electron chi connectivity index (χ1n) is 6.11. The SMILES string of the molecule is CN(CCNC1CC1)c1nccc2sccc12. The number of anilines is 1. The molecule has 3 rings (SSSR count). The summed E-state index contributed by atoms with van der Waals surface area (Å²) < 4.78 is 1.32. The fourth-order valence-corrected chi connectivity index (χ4v) is 2.79. The molecule has 17 heavy (non-hydrogen) atoms. The van der Waals surface area contributed by atoms with Crippen molar-refractivity contribution in [2.24, 2.45) is 0 Å². The van der Waals surface area contributed by atoms with E-state index in [1.807, 2.05) is 6.20 Å². The van der Waals surface area contributed by atoms with Gasteiger partial charge in [-0.3, -0.25) is 0 Å². The Balaban J connectivity index is 1.70. The molecule has 1 aliphatic rings. The summed E-state index contributed by atoms with van der Waals surface area (Å²) in [4.78, 5) is 6.74. The number of aromatic nitrogens is 1. The molecule has 0 spiro atoms. The second kappa shape index (κ2) is 4.63. The van der Waals surface area contributed by atoms with Gasteiger partial charge in [-0.15, -0.1) is 11.3 Å². The van der Waals surface area contributed by atoms with Gasteiger partial charge in [0.2, 0.25) is 0 Å². The maximum absolute atomic E-state index is 4.50. The van der Waals surface area contributed by atoms with Crippen LogP contribution in [0.2, 0.25) is 0 Å². The van der Waals surface area contributed by atoms with Crippen LogP contribution in [0.15, 0.2) is 23.7 Å². The molecule has 1 fully saturated rings. The summed E-state index contributed by atoms with van der Waals surface area (Å²) in [7, 11) is 2.12. The summed E-state index contributed by atoms with van der Waals surface area (Å²) in [6, 6.07) is 5.03. The third kappa shape index (κ3) is 2.42. The molecule has 1 N–H and O–H groups in total. The molecule has 0 bridgehead atoms. The zero-order valence-electron chi connectivity index (χ0n) is 10.0.